The van der Waals surface area contributed by atoms with Crippen molar-refractivity contribution in [1.29, 1.82) is 0 Å². The van der Waals surface area contributed by atoms with Crippen molar-refractivity contribution in [2.75, 3.05) is 0 Å². The lowest BCUT2D eigenvalue weighted by atomic mass is 10.0. The zero-order chi connectivity index (χ0) is 27.6. The van der Waals surface area contributed by atoms with Crippen LogP contribution < -0.4 is 16.0 Å². The molecule has 0 unspecified atom stereocenters. The van der Waals surface area contributed by atoms with Gasteiger partial charge in [-0.3, -0.25) is 9.78 Å². The van der Waals surface area contributed by atoms with Gasteiger partial charge in [-0.15, -0.1) is 0 Å². The fourth-order valence-electron chi connectivity index (χ4n) is 4.12. The van der Waals surface area contributed by atoms with Crippen LogP contribution in [0.25, 0.3) is 16.6 Å². The predicted octanol–water partition coefficient (Wildman–Crippen LogP) is 5.93. The van der Waals surface area contributed by atoms with Gasteiger partial charge in [-0.05, 0) is 56.2 Å². The first-order valence-corrected chi connectivity index (χ1v) is 11.8. The summed E-state index contributed by atoms with van der Waals surface area (Å²) >= 11 is 0. The third-order valence-electron chi connectivity index (χ3n) is 6.35. The van der Waals surface area contributed by atoms with Gasteiger partial charge < -0.3 is 15.0 Å². The number of nitrogens with two attached hydrogens (primary N) is 1. The Morgan fingerprint density at radius 2 is 1.95 bits per heavy atom. The Hall–Kier alpha value is -4.40. The van der Waals surface area contributed by atoms with Crippen molar-refractivity contribution >= 4 is 16.6 Å². The number of hydrogen-bond acceptors (Lipinski definition) is 5. The van der Waals surface area contributed by atoms with Gasteiger partial charge >= 0.3 is 6.18 Å². The molecule has 0 saturated carbocycles. The number of nitrogens with zero attached hydrogens (tertiary/aromatic N) is 3. The number of pyridine rings is 3. The first kappa shape index (κ1) is 26.7. The molecular formula is C29H27F3N4O2. The Morgan fingerprint density at radius 1 is 1.18 bits per heavy atom. The van der Waals surface area contributed by atoms with Crippen LogP contribution in [0.3, 0.4) is 0 Å². The first-order valence-electron chi connectivity index (χ1n) is 11.8. The zero-order valence-electron chi connectivity index (χ0n) is 21.3. The van der Waals surface area contributed by atoms with E-state index in [4.69, 9.17) is 10.5 Å². The highest BCUT2D eigenvalue weighted by atomic mass is 19.4. The summed E-state index contributed by atoms with van der Waals surface area (Å²) < 4.78 is 46.3. The topological polar surface area (TPSA) is 83.0 Å². The number of rotatable bonds is 7. The fourth-order valence-corrected chi connectivity index (χ4v) is 4.12. The summed E-state index contributed by atoms with van der Waals surface area (Å²) in [4.78, 5) is 21.5. The molecule has 0 amide bonds. The molecule has 4 rings (SSSR count). The number of alkyl halides is 3. The molecule has 3 aromatic heterocycles. The number of allylic oxidation sites excluding steroid dienone is 2. The van der Waals surface area contributed by atoms with Crippen molar-refractivity contribution < 1.29 is 17.9 Å². The molecule has 3 heterocycles. The molecule has 0 aliphatic heterocycles. The minimum Gasteiger partial charge on any atom is -0.487 e. The molecule has 0 radical (unpaired) electrons. The summed E-state index contributed by atoms with van der Waals surface area (Å²) in [6.45, 7) is 9.56. The minimum absolute atomic E-state index is 0.00343. The van der Waals surface area contributed by atoms with Gasteiger partial charge in [0, 0.05) is 46.4 Å². The molecule has 0 aliphatic carbocycles. The predicted molar refractivity (Wildman–Crippen MR) is 142 cm³/mol. The first-order chi connectivity index (χ1) is 18.0. The van der Waals surface area contributed by atoms with Gasteiger partial charge in [0.15, 0.2) is 0 Å². The van der Waals surface area contributed by atoms with Crippen LogP contribution in [0.1, 0.15) is 40.6 Å². The maximum absolute atomic E-state index is 13.0. The van der Waals surface area contributed by atoms with Crippen molar-refractivity contribution in [2.45, 2.75) is 40.1 Å². The number of para-hydroxylation sites is 1. The smallest absolute Gasteiger partial charge is 0.416 e. The van der Waals surface area contributed by atoms with Gasteiger partial charge in [0.25, 0.3) is 5.56 Å². The quantitative estimate of drug-likeness (QED) is 0.306. The van der Waals surface area contributed by atoms with Gasteiger partial charge in [0.1, 0.15) is 17.9 Å². The lowest BCUT2D eigenvalue weighted by Gasteiger charge is -2.16. The van der Waals surface area contributed by atoms with E-state index in [2.05, 4.69) is 16.5 Å². The third-order valence-corrected chi connectivity index (χ3v) is 6.35. The average Bonchev–Trinajstić information content (AvgIpc) is 2.87. The van der Waals surface area contributed by atoms with Crippen LogP contribution in [-0.4, -0.2) is 14.5 Å². The van der Waals surface area contributed by atoms with E-state index < -0.39 is 17.3 Å². The standard InChI is InChI=1S/C29H27F3N4O2/c1-5-17(2)27(33)22-13-19(4)35-28-21(22)7-6-8-25(28)38-16-23-18(3)9-11-34-24(23)15-36-12-10-20(14-26(36)37)29(30,31)32/h5-14H,1,15-16,33H2,2-4H3/b27-17-. The molecule has 0 fully saturated rings. The molecule has 6 nitrogen and oxygen atoms in total. The van der Waals surface area contributed by atoms with E-state index in [1.54, 1.807) is 12.3 Å². The molecule has 2 N–H and O–H groups in total. The summed E-state index contributed by atoms with van der Waals surface area (Å²) in [5.41, 5.74) is 10.4. The second kappa shape index (κ2) is 10.5. The van der Waals surface area contributed by atoms with Crippen LogP contribution in [0, 0.1) is 13.8 Å². The van der Waals surface area contributed by atoms with Gasteiger partial charge in [0.2, 0.25) is 0 Å². The van der Waals surface area contributed by atoms with Gasteiger partial charge in [-0.2, -0.15) is 13.2 Å². The van der Waals surface area contributed by atoms with E-state index in [-0.39, 0.29) is 13.2 Å². The van der Waals surface area contributed by atoms with Crippen LogP contribution in [0.4, 0.5) is 13.2 Å². The van der Waals surface area contributed by atoms with Crippen LogP contribution in [0.2, 0.25) is 0 Å². The maximum Gasteiger partial charge on any atom is 0.416 e. The molecule has 0 saturated heterocycles. The SMILES string of the molecule is C=C/C(C)=C(\N)c1cc(C)nc2c(OCc3c(C)ccnc3Cn3ccc(C(F)(F)F)cc3=O)cccc12. The largest absolute Gasteiger partial charge is 0.487 e. The van der Waals surface area contributed by atoms with E-state index in [1.807, 2.05) is 51.1 Å². The number of fused-ring (bicyclic) bond motifs is 1. The number of benzene rings is 1. The summed E-state index contributed by atoms with van der Waals surface area (Å²) in [6, 6.07) is 10.8. The highest BCUT2D eigenvalue weighted by molar-refractivity contribution is 5.95. The van der Waals surface area contributed by atoms with Crippen LogP contribution in [0.15, 0.2) is 77.9 Å². The van der Waals surface area contributed by atoms with Crippen LogP contribution in [0.5, 0.6) is 5.75 Å². The zero-order valence-corrected chi connectivity index (χ0v) is 21.3. The number of halogens is 3. The number of aryl methyl sites for hydroxylation is 2. The Morgan fingerprint density at radius 3 is 2.63 bits per heavy atom. The second-order valence-corrected chi connectivity index (χ2v) is 8.99. The Labute approximate surface area is 217 Å². The Balaban J connectivity index is 1.68. The molecule has 0 bridgehead atoms. The average molecular weight is 521 g/mol. The number of ether oxygens (including phenoxy) is 1. The van der Waals surface area contributed by atoms with Gasteiger partial charge in [-0.25, -0.2) is 4.98 Å². The monoisotopic (exact) mass is 520 g/mol. The molecule has 4 aromatic rings. The maximum atomic E-state index is 13.0. The van der Waals surface area contributed by atoms with Gasteiger partial charge in [-0.1, -0.05) is 24.8 Å². The number of hydrogen-bond donors (Lipinski definition) is 1. The summed E-state index contributed by atoms with van der Waals surface area (Å²) in [6.07, 6.45) is -0.169. The molecule has 9 heteroatoms. The molecule has 38 heavy (non-hydrogen) atoms. The summed E-state index contributed by atoms with van der Waals surface area (Å²) in [5, 5.41) is 0.825. The molecule has 1 aromatic carbocycles. The lowest BCUT2D eigenvalue weighted by molar-refractivity contribution is -0.137. The van der Waals surface area contributed by atoms with E-state index in [1.165, 1.54) is 4.57 Å². The van der Waals surface area contributed by atoms with Crippen LogP contribution >= 0.6 is 0 Å². The van der Waals surface area contributed by atoms with E-state index in [0.717, 1.165) is 45.6 Å². The molecule has 0 spiro atoms. The minimum atomic E-state index is -4.59. The van der Waals surface area contributed by atoms with Crippen molar-refractivity contribution in [3.05, 3.63) is 117 Å². The normalized spacial score (nSPS) is 12.4. The Bertz CT molecular complexity index is 1620. The highest BCUT2D eigenvalue weighted by Crippen LogP contribution is 2.31. The number of aromatic nitrogens is 3. The fraction of sp³-hybridized carbons (Fsp3) is 0.207. The summed E-state index contributed by atoms with van der Waals surface area (Å²) in [5.74, 6) is 0.539. The van der Waals surface area contributed by atoms with Crippen molar-refractivity contribution in [2.24, 2.45) is 5.73 Å². The van der Waals surface area contributed by atoms with E-state index in [0.29, 0.717) is 28.7 Å². The molecule has 0 aliphatic rings. The lowest BCUT2D eigenvalue weighted by Crippen LogP contribution is -2.23. The van der Waals surface area contributed by atoms with Crippen molar-refractivity contribution in [1.82, 2.24) is 14.5 Å². The molecule has 0 atom stereocenters. The van der Waals surface area contributed by atoms with E-state index >= 15 is 0 Å². The Kier molecular flexibility index (Phi) is 7.39. The summed E-state index contributed by atoms with van der Waals surface area (Å²) in [7, 11) is 0. The van der Waals surface area contributed by atoms with E-state index in [9.17, 15) is 18.0 Å². The van der Waals surface area contributed by atoms with Gasteiger partial charge in [0.05, 0.1) is 17.8 Å². The molecular weight excluding hydrogens is 493 g/mol. The van der Waals surface area contributed by atoms with Crippen molar-refractivity contribution in [3.8, 4) is 5.75 Å². The van der Waals surface area contributed by atoms with Crippen molar-refractivity contribution in [3.63, 3.8) is 0 Å². The third kappa shape index (κ3) is 5.46. The van der Waals surface area contributed by atoms with Crippen LogP contribution in [-0.2, 0) is 19.3 Å². The second-order valence-electron chi connectivity index (χ2n) is 8.99. The highest BCUT2D eigenvalue weighted by Gasteiger charge is 2.31. The molecule has 196 valence electrons.